The number of methoxy groups -OCH3 is 1. The third-order valence-electron chi connectivity index (χ3n) is 3.44. The molecule has 0 atom stereocenters. The maximum absolute atomic E-state index is 5.31. The van der Waals surface area contributed by atoms with Crippen LogP contribution in [0.15, 0.2) is 23.8 Å². The van der Waals surface area contributed by atoms with Crippen LogP contribution in [0.25, 0.3) is 5.57 Å². The normalized spacial score (nSPS) is 18.7. The first-order valence-corrected chi connectivity index (χ1v) is 5.76. The van der Waals surface area contributed by atoms with Crippen LogP contribution in [0.4, 0.5) is 0 Å². The fraction of sp³-hybridized carbons (Fsp3) is 0.429. The highest BCUT2D eigenvalue weighted by Crippen LogP contribution is 2.43. The van der Waals surface area contributed by atoms with Crippen molar-refractivity contribution in [1.29, 1.82) is 0 Å². The topological polar surface area (TPSA) is 9.23 Å². The molecule has 1 fully saturated rings. The van der Waals surface area contributed by atoms with Gasteiger partial charge in [-0.3, -0.25) is 0 Å². The Balaban J connectivity index is 2.12. The Morgan fingerprint density at radius 3 is 2.67 bits per heavy atom. The molecule has 1 aromatic carbocycles. The molecule has 0 heterocycles. The first kappa shape index (κ1) is 9.02. The zero-order valence-corrected chi connectivity index (χ0v) is 9.18. The lowest BCUT2D eigenvalue weighted by atomic mass is 9.86. The predicted molar refractivity (Wildman–Crippen MR) is 62.1 cm³/mol. The predicted octanol–water partition coefficient (Wildman–Crippen LogP) is 3.58. The molecule has 78 valence electrons. The summed E-state index contributed by atoms with van der Waals surface area (Å²) in [5.41, 5.74) is 6.28. The molecule has 0 aliphatic heterocycles. The fourth-order valence-electron chi connectivity index (χ4n) is 2.50. The van der Waals surface area contributed by atoms with E-state index in [9.17, 15) is 0 Å². The van der Waals surface area contributed by atoms with E-state index >= 15 is 0 Å². The monoisotopic (exact) mass is 200 g/mol. The van der Waals surface area contributed by atoms with Gasteiger partial charge in [0.1, 0.15) is 5.75 Å². The molecule has 3 rings (SSSR count). The lowest BCUT2D eigenvalue weighted by molar-refractivity contribution is 0.414. The van der Waals surface area contributed by atoms with Crippen LogP contribution >= 0.6 is 0 Å². The van der Waals surface area contributed by atoms with Gasteiger partial charge in [0.15, 0.2) is 0 Å². The Hall–Kier alpha value is -1.24. The number of ether oxygens (including phenoxy) is 1. The van der Waals surface area contributed by atoms with Gasteiger partial charge in [0, 0.05) is 0 Å². The van der Waals surface area contributed by atoms with Crippen molar-refractivity contribution >= 4 is 5.57 Å². The van der Waals surface area contributed by atoms with Crippen molar-refractivity contribution < 1.29 is 4.74 Å². The number of fused-ring (bicyclic) bond motifs is 1. The van der Waals surface area contributed by atoms with Crippen molar-refractivity contribution in [3.63, 3.8) is 0 Å². The van der Waals surface area contributed by atoms with Gasteiger partial charge in [-0.05, 0) is 60.9 Å². The lowest BCUT2D eigenvalue weighted by Gasteiger charge is -2.19. The molecule has 1 aromatic rings. The smallest absolute Gasteiger partial charge is 0.119 e. The lowest BCUT2D eigenvalue weighted by Crippen LogP contribution is -2.02. The number of hydrogen-bond donors (Lipinski definition) is 0. The average molecular weight is 200 g/mol. The summed E-state index contributed by atoms with van der Waals surface area (Å²) in [6.07, 6.45) is 6.47. The first-order valence-electron chi connectivity index (χ1n) is 5.76. The van der Waals surface area contributed by atoms with Gasteiger partial charge in [0.25, 0.3) is 0 Å². The van der Waals surface area contributed by atoms with Crippen LogP contribution in [0.1, 0.15) is 36.8 Å². The van der Waals surface area contributed by atoms with E-state index < -0.39 is 0 Å². The van der Waals surface area contributed by atoms with E-state index in [1.165, 1.54) is 43.2 Å². The highest BCUT2D eigenvalue weighted by atomic mass is 16.5. The fourth-order valence-corrected chi connectivity index (χ4v) is 2.50. The Morgan fingerprint density at radius 1 is 1.07 bits per heavy atom. The van der Waals surface area contributed by atoms with Crippen molar-refractivity contribution in [1.82, 2.24) is 0 Å². The van der Waals surface area contributed by atoms with Crippen LogP contribution in [0.5, 0.6) is 5.75 Å². The van der Waals surface area contributed by atoms with Crippen LogP contribution in [0.2, 0.25) is 0 Å². The van der Waals surface area contributed by atoms with Crippen LogP contribution < -0.4 is 4.74 Å². The van der Waals surface area contributed by atoms with Crippen molar-refractivity contribution in [3.8, 4) is 5.75 Å². The van der Waals surface area contributed by atoms with Gasteiger partial charge in [-0.25, -0.2) is 0 Å². The standard InChI is InChI=1S/C14H16O/c1-15-12-8-7-10-3-2-4-13(11-5-6-11)14(10)9-12/h7-9H,2-6H2,1H3. The quantitative estimate of drug-likeness (QED) is 0.673. The summed E-state index contributed by atoms with van der Waals surface area (Å²) in [7, 11) is 1.74. The number of allylic oxidation sites excluding steroid dienone is 2. The summed E-state index contributed by atoms with van der Waals surface area (Å²) in [4.78, 5) is 0. The summed E-state index contributed by atoms with van der Waals surface area (Å²) in [6, 6.07) is 6.53. The van der Waals surface area contributed by atoms with E-state index in [-0.39, 0.29) is 0 Å². The Kier molecular flexibility index (Phi) is 2.05. The van der Waals surface area contributed by atoms with Gasteiger partial charge >= 0.3 is 0 Å². The summed E-state index contributed by atoms with van der Waals surface area (Å²) in [6.45, 7) is 0. The van der Waals surface area contributed by atoms with Crippen molar-refractivity contribution in [2.45, 2.75) is 32.1 Å². The number of hydrogen-bond acceptors (Lipinski definition) is 1. The highest BCUT2D eigenvalue weighted by molar-refractivity contribution is 5.75. The van der Waals surface area contributed by atoms with Crippen LogP contribution in [-0.2, 0) is 6.42 Å². The molecule has 1 saturated carbocycles. The Morgan fingerprint density at radius 2 is 1.93 bits per heavy atom. The van der Waals surface area contributed by atoms with Crippen LogP contribution in [-0.4, -0.2) is 7.11 Å². The molecule has 2 aliphatic rings. The third kappa shape index (κ3) is 1.56. The van der Waals surface area contributed by atoms with Gasteiger partial charge in [0.05, 0.1) is 7.11 Å². The minimum Gasteiger partial charge on any atom is -0.497 e. The summed E-state index contributed by atoms with van der Waals surface area (Å²) in [5, 5.41) is 0. The van der Waals surface area contributed by atoms with E-state index in [0.717, 1.165) is 5.75 Å². The van der Waals surface area contributed by atoms with E-state index in [2.05, 4.69) is 18.2 Å². The maximum atomic E-state index is 5.31. The second kappa shape index (κ2) is 3.41. The molecule has 0 saturated heterocycles. The maximum Gasteiger partial charge on any atom is 0.119 e. The van der Waals surface area contributed by atoms with Crippen LogP contribution in [0.3, 0.4) is 0 Å². The molecule has 1 heteroatoms. The molecule has 1 nitrogen and oxygen atoms in total. The van der Waals surface area contributed by atoms with Crippen molar-refractivity contribution in [3.05, 3.63) is 34.9 Å². The summed E-state index contributed by atoms with van der Waals surface area (Å²) in [5.74, 6) is 0.995. The van der Waals surface area contributed by atoms with Crippen LogP contribution in [0, 0.1) is 0 Å². The van der Waals surface area contributed by atoms with Gasteiger partial charge in [-0.2, -0.15) is 0 Å². The largest absolute Gasteiger partial charge is 0.497 e. The molecule has 0 N–H and O–H groups in total. The molecule has 0 aromatic heterocycles. The minimum atomic E-state index is 0.995. The number of benzene rings is 1. The zero-order valence-electron chi connectivity index (χ0n) is 9.18. The molecule has 2 aliphatic carbocycles. The average Bonchev–Trinajstić information content (AvgIpc) is 3.11. The number of aryl methyl sites for hydroxylation is 1. The molecule has 0 unspecified atom stereocenters. The molecular weight excluding hydrogens is 184 g/mol. The van der Waals surface area contributed by atoms with Gasteiger partial charge in [0.2, 0.25) is 0 Å². The zero-order chi connectivity index (χ0) is 10.3. The van der Waals surface area contributed by atoms with Gasteiger partial charge in [-0.1, -0.05) is 11.6 Å². The minimum absolute atomic E-state index is 0.995. The molecule has 0 radical (unpaired) electrons. The third-order valence-corrected chi connectivity index (χ3v) is 3.44. The molecule has 0 amide bonds. The van der Waals surface area contributed by atoms with E-state index in [0.29, 0.717) is 0 Å². The molecule has 0 bridgehead atoms. The molecule has 15 heavy (non-hydrogen) atoms. The first-order chi connectivity index (χ1) is 7.38. The van der Waals surface area contributed by atoms with Crippen molar-refractivity contribution in [2.75, 3.05) is 7.11 Å². The summed E-state index contributed by atoms with van der Waals surface area (Å²) < 4.78 is 5.31. The molecular formula is C14H16O. The summed E-state index contributed by atoms with van der Waals surface area (Å²) >= 11 is 0. The van der Waals surface area contributed by atoms with Gasteiger partial charge in [-0.15, -0.1) is 0 Å². The van der Waals surface area contributed by atoms with E-state index in [4.69, 9.17) is 4.74 Å². The second-order valence-corrected chi connectivity index (χ2v) is 4.46. The Bertz CT molecular complexity index is 423. The SMILES string of the molecule is COc1ccc2c(c1)C(=C1CC1)CCC2. The van der Waals surface area contributed by atoms with E-state index in [1.54, 1.807) is 18.3 Å². The second-order valence-electron chi connectivity index (χ2n) is 4.46. The highest BCUT2D eigenvalue weighted by Gasteiger charge is 2.23. The van der Waals surface area contributed by atoms with E-state index in [1.807, 2.05) is 0 Å². The van der Waals surface area contributed by atoms with Gasteiger partial charge < -0.3 is 4.74 Å². The number of rotatable bonds is 1. The Labute approximate surface area is 90.8 Å². The van der Waals surface area contributed by atoms with Crippen molar-refractivity contribution in [2.24, 2.45) is 0 Å². The molecule has 0 spiro atoms.